The number of fused-ring (bicyclic) bond motifs is 1. The fourth-order valence-corrected chi connectivity index (χ4v) is 2.57. The molecule has 1 heterocycles. The monoisotopic (exact) mass is 261 g/mol. The Balaban J connectivity index is 2.03. The summed E-state index contributed by atoms with van der Waals surface area (Å²) in [5.41, 5.74) is 2.52. The molecule has 4 heteroatoms. The van der Waals surface area contributed by atoms with Crippen molar-refractivity contribution < 1.29 is 14.3 Å². The molecule has 0 bridgehead atoms. The maximum absolute atomic E-state index is 12.2. The molecule has 0 aromatic heterocycles. The van der Waals surface area contributed by atoms with Gasteiger partial charge in [-0.1, -0.05) is 24.3 Å². The van der Waals surface area contributed by atoms with Gasteiger partial charge in [0.15, 0.2) is 0 Å². The second kappa shape index (κ2) is 5.87. The van der Waals surface area contributed by atoms with Crippen LogP contribution in [0.25, 0.3) is 0 Å². The van der Waals surface area contributed by atoms with E-state index in [4.69, 9.17) is 0 Å². The van der Waals surface area contributed by atoms with Crippen LogP contribution in [0.3, 0.4) is 0 Å². The second-order valence-corrected chi connectivity index (χ2v) is 4.79. The summed E-state index contributed by atoms with van der Waals surface area (Å²) in [5, 5.41) is 0. The minimum Gasteiger partial charge on any atom is -0.469 e. The molecule has 0 aliphatic carbocycles. The molecule has 0 saturated heterocycles. The molecule has 4 nitrogen and oxygen atoms in total. The minimum absolute atomic E-state index is 0.0207. The predicted molar refractivity (Wildman–Crippen MR) is 71.5 cm³/mol. The Morgan fingerprint density at radius 3 is 2.79 bits per heavy atom. The van der Waals surface area contributed by atoms with E-state index in [1.807, 2.05) is 24.0 Å². The number of ether oxygens (including phenoxy) is 1. The number of nitrogens with zero attached hydrogens (tertiary/aromatic N) is 1. The van der Waals surface area contributed by atoms with Crippen LogP contribution in [0.4, 0.5) is 0 Å². The Morgan fingerprint density at radius 1 is 1.32 bits per heavy atom. The highest BCUT2D eigenvalue weighted by Gasteiger charge is 2.27. The molecule has 1 amide bonds. The third kappa shape index (κ3) is 2.95. The van der Waals surface area contributed by atoms with Crippen molar-refractivity contribution in [3.8, 4) is 0 Å². The third-order valence-corrected chi connectivity index (χ3v) is 3.69. The quantitative estimate of drug-likeness (QED) is 0.783. The summed E-state index contributed by atoms with van der Waals surface area (Å²) < 4.78 is 4.56. The maximum atomic E-state index is 12.2. The average Bonchev–Trinajstić information content (AvgIpc) is 2.45. The standard InChI is InChI=1S/C15H19NO3/c1-11-13-6-4-3-5-12(13)9-10-16(11)14(17)7-8-15(18)19-2/h3-6,11H,7-10H2,1-2H3. The number of carbonyl (C=O) groups excluding carboxylic acids is 2. The molecular weight excluding hydrogens is 242 g/mol. The molecule has 1 aromatic rings. The Labute approximate surface area is 113 Å². The van der Waals surface area contributed by atoms with Crippen molar-refractivity contribution in [1.29, 1.82) is 0 Å². The topological polar surface area (TPSA) is 46.6 Å². The summed E-state index contributed by atoms with van der Waals surface area (Å²) in [4.78, 5) is 25.1. The number of amides is 1. The van der Waals surface area contributed by atoms with Crippen LogP contribution in [-0.2, 0) is 20.7 Å². The van der Waals surface area contributed by atoms with Gasteiger partial charge in [0.2, 0.25) is 5.91 Å². The molecule has 1 atom stereocenters. The third-order valence-electron chi connectivity index (χ3n) is 3.69. The van der Waals surface area contributed by atoms with Crippen LogP contribution in [0.1, 0.15) is 36.9 Å². The van der Waals surface area contributed by atoms with E-state index >= 15 is 0 Å². The zero-order valence-electron chi connectivity index (χ0n) is 11.4. The molecule has 102 valence electrons. The van der Waals surface area contributed by atoms with E-state index in [-0.39, 0.29) is 30.8 Å². The van der Waals surface area contributed by atoms with Gasteiger partial charge < -0.3 is 9.64 Å². The smallest absolute Gasteiger partial charge is 0.306 e. The lowest BCUT2D eigenvalue weighted by Crippen LogP contribution is -2.38. The minimum atomic E-state index is -0.335. The largest absolute Gasteiger partial charge is 0.469 e. The van der Waals surface area contributed by atoms with Gasteiger partial charge in [0.25, 0.3) is 0 Å². The average molecular weight is 261 g/mol. The van der Waals surface area contributed by atoms with Crippen LogP contribution < -0.4 is 0 Å². The molecule has 1 aliphatic heterocycles. The summed E-state index contributed by atoms with van der Waals surface area (Å²) in [6, 6.07) is 8.29. The molecule has 19 heavy (non-hydrogen) atoms. The van der Waals surface area contributed by atoms with Gasteiger partial charge in [0.1, 0.15) is 0 Å². The van der Waals surface area contributed by atoms with Gasteiger partial charge in [-0.15, -0.1) is 0 Å². The first-order valence-electron chi connectivity index (χ1n) is 6.57. The van der Waals surface area contributed by atoms with Crippen LogP contribution in [0.2, 0.25) is 0 Å². The molecule has 0 N–H and O–H groups in total. The Hall–Kier alpha value is -1.84. The van der Waals surface area contributed by atoms with Crippen LogP contribution in [0.15, 0.2) is 24.3 Å². The fraction of sp³-hybridized carbons (Fsp3) is 0.467. The summed E-state index contributed by atoms with van der Waals surface area (Å²) >= 11 is 0. The van der Waals surface area contributed by atoms with Crippen molar-refractivity contribution >= 4 is 11.9 Å². The van der Waals surface area contributed by atoms with Crippen molar-refractivity contribution in [3.63, 3.8) is 0 Å². The first-order valence-corrected chi connectivity index (χ1v) is 6.57. The van der Waals surface area contributed by atoms with Crippen molar-refractivity contribution in [3.05, 3.63) is 35.4 Å². The summed E-state index contributed by atoms with van der Waals surface area (Å²) in [6.45, 7) is 2.76. The van der Waals surface area contributed by atoms with E-state index in [1.54, 1.807) is 0 Å². The number of rotatable bonds is 3. The van der Waals surface area contributed by atoms with E-state index in [1.165, 1.54) is 18.2 Å². The Morgan fingerprint density at radius 2 is 2.05 bits per heavy atom. The highest BCUT2D eigenvalue weighted by Crippen LogP contribution is 2.29. The van der Waals surface area contributed by atoms with Gasteiger partial charge in [0.05, 0.1) is 19.6 Å². The van der Waals surface area contributed by atoms with Crippen molar-refractivity contribution in [2.24, 2.45) is 0 Å². The zero-order chi connectivity index (χ0) is 13.8. The first kappa shape index (κ1) is 13.6. The predicted octanol–water partition coefficient (Wildman–Crippen LogP) is 2.09. The normalized spacial score (nSPS) is 17.8. The lowest BCUT2D eigenvalue weighted by atomic mass is 9.93. The van der Waals surface area contributed by atoms with Gasteiger partial charge in [-0.3, -0.25) is 9.59 Å². The maximum Gasteiger partial charge on any atom is 0.306 e. The van der Waals surface area contributed by atoms with Crippen LogP contribution in [-0.4, -0.2) is 30.4 Å². The van der Waals surface area contributed by atoms with Gasteiger partial charge in [0, 0.05) is 13.0 Å². The molecule has 1 unspecified atom stereocenters. The number of hydrogen-bond donors (Lipinski definition) is 0. The van der Waals surface area contributed by atoms with Crippen LogP contribution in [0, 0.1) is 0 Å². The number of methoxy groups -OCH3 is 1. The zero-order valence-corrected chi connectivity index (χ0v) is 11.4. The Kier molecular flexibility index (Phi) is 4.20. The highest BCUT2D eigenvalue weighted by molar-refractivity contribution is 5.81. The van der Waals surface area contributed by atoms with E-state index in [9.17, 15) is 9.59 Å². The molecule has 0 fully saturated rings. The van der Waals surface area contributed by atoms with Gasteiger partial charge in [-0.05, 0) is 24.5 Å². The Bertz CT molecular complexity index is 484. The number of carbonyl (C=O) groups is 2. The number of esters is 1. The van der Waals surface area contributed by atoms with Crippen molar-refractivity contribution in [1.82, 2.24) is 4.90 Å². The summed E-state index contributed by atoms with van der Waals surface area (Å²) in [6.07, 6.45) is 1.25. The molecule has 1 aromatic carbocycles. The lowest BCUT2D eigenvalue weighted by Gasteiger charge is -2.35. The van der Waals surface area contributed by atoms with Gasteiger partial charge >= 0.3 is 5.97 Å². The molecular formula is C15H19NO3. The van der Waals surface area contributed by atoms with E-state index in [0.717, 1.165) is 13.0 Å². The van der Waals surface area contributed by atoms with E-state index < -0.39 is 0 Å². The summed E-state index contributed by atoms with van der Waals surface area (Å²) in [5.74, 6) is -0.314. The molecule has 0 spiro atoms. The number of benzene rings is 1. The highest BCUT2D eigenvalue weighted by atomic mass is 16.5. The van der Waals surface area contributed by atoms with E-state index in [2.05, 4.69) is 16.9 Å². The number of hydrogen-bond acceptors (Lipinski definition) is 3. The van der Waals surface area contributed by atoms with Crippen LogP contribution >= 0.6 is 0 Å². The first-order chi connectivity index (χ1) is 9.13. The van der Waals surface area contributed by atoms with Gasteiger partial charge in [-0.2, -0.15) is 0 Å². The fourth-order valence-electron chi connectivity index (χ4n) is 2.57. The van der Waals surface area contributed by atoms with Crippen LogP contribution in [0.5, 0.6) is 0 Å². The summed E-state index contributed by atoms with van der Waals surface area (Å²) in [7, 11) is 1.34. The van der Waals surface area contributed by atoms with Crippen molar-refractivity contribution in [2.45, 2.75) is 32.2 Å². The molecule has 0 saturated carbocycles. The lowest BCUT2D eigenvalue weighted by molar-refractivity contribution is -0.144. The SMILES string of the molecule is COC(=O)CCC(=O)N1CCc2ccccc2C1C. The van der Waals surface area contributed by atoms with Crippen molar-refractivity contribution in [2.75, 3.05) is 13.7 Å². The van der Waals surface area contributed by atoms with Gasteiger partial charge in [-0.25, -0.2) is 0 Å². The molecule has 0 radical (unpaired) electrons. The molecule has 2 rings (SSSR count). The molecule has 1 aliphatic rings. The second-order valence-electron chi connectivity index (χ2n) is 4.79. The van der Waals surface area contributed by atoms with E-state index in [0.29, 0.717) is 0 Å².